The van der Waals surface area contributed by atoms with Crippen LogP contribution in [0.3, 0.4) is 0 Å². The lowest BCUT2D eigenvalue weighted by atomic mass is 9.91. The van der Waals surface area contributed by atoms with Crippen LogP contribution in [-0.4, -0.2) is 55.1 Å². The molecule has 0 radical (unpaired) electrons. The van der Waals surface area contributed by atoms with Crippen molar-refractivity contribution in [1.29, 1.82) is 0 Å². The Hall–Kier alpha value is -1.10. The van der Waals surface area contributed by atoms with Crippen LogP contribution in [-0.2, 0) is 16.1 Å². The van der Waals surface area contributed by atoms with Crippen LogP contribution < -0.4 is 0 Å². The number of hydrogen-bond donors (Lipinski definition) is 0. The van der Waals surface area contributed by atoms with Crippen molar-refractivity contribution < 1.29 is 9.53 Å². The fourth-order valence-electron chi connectivity index (χ4n) is 3.32. The number of halogens is 1. The summed E-state index contributed by atoms with van der Waals surface area (Å²) in [4.78, 5) is 16.5. The first-order valence-electron chi connectivity index (χ1n) is 7.43. The molecular weight excluding hydrogens is 288 g/mol. The van der Waals surface area contributed by atoms with Gasteiger partial charge in [-0.05, 0) is 11.6 Å². The molecule has 21 heavy (non-hydrogen) atoms. The molecule has 0 aliphatic carbocycles. The molecule has 1 aromatic rings. The molecule has 0 unspecified atom stereocenters. The molecule has 2 saturated heterocycles. The Morgan fingerprint density at radius 1 is 1.33 bits per heavy atom. The summed E-state index contributed by atoms with van der Waals surface area (Å²) in [5.74, 6) is 0.836. The van der Waals surface area contributed by atoms with Gasteiger partial charge in [-0.15, -0.1) is 0 Å². The number of nitrogens with zero attached hydrogens (tertiary/aromatic N) is 2. The van der Waals surface area contributed by atoms with Gasteiger partial charge >= 0.3 is 0 Å². The Morgan fingerprint density at radius 2 is 2.14 bits per heavy atom. The quantitative estimate of drug-likeness (QED) is 0.834. The van der Waals surface area contributed by atoms with E-state index in [4.69, 9.17) is 16.3 Å². The largest absolute Gasteiger partial charge is 0.384 e. The van der Waals surface area contributed by atoms with Gasteiger partial charge in [-0.3, -0.25) is 9.69 Å². The van der Waals surface area contributed by atoms with Crippen molar-refractivity contribution in [3.05, 3.63) is 34.9 Å². The van der Waals surface area contributed by atoms with Gasteiger partial charge in [-0.2, -0.15) is 0 Å². The third kappa shape index (κ3) is 3.07. The maximum absolute atomic E-state index is 12.0. The van der Waals surface area contributed by atoms with Gasteiger partial charge in [0.25, 0.3) is 0 Å². The summed E-state index contributed by atoms with van der Waals surface area (Å²) in [6, 6.07) is 8.48. The molecule has 3 rings (SSSR count). The molecular formula is C16H21ClN2O2. The van der Waals surface area contributed by atoms with E-state index >= 15 is 0 Å². The minimum Gasteiger partial charge on any atom is -0.384 e. The first kappa shape index (κ1) is 14.8. The second-order valence-corrected chi connectivity index (χ2v) is 6.30. The normalized spacial score (nSPS) is 24.8. The topological polar surface area (TPSA) is 32.8 Å². The van der Waals surface area contributed by atoms with Crippen molar-refractivity contribution in [1.82, 2.24) is 9.80 Å². The molecule has 2 aliphatic rings. The highest BCUT2D eigenvalue weighted by atomic mass is 35.5. The lowest BCUT2D eigenvalue weighted by Crippen LogP contribution is -2.54. The second kappa shape index (κ2) is 6.34. The number of fused-ring (bicyclic) bond motifs is 1. The van der Waals surface area contributed by atoms with E-state index < -0.39 is 0 Å². The maximum Gasteiger partial charge on any atom is 0.224 e. The molecule has 2 atom stereocenters. The van der Waals surface area contributed by atoms with Crippen molar-refractivity contribution in [2.75, 3.05) is 33.4 Å². The van der Waals surface area contributed by atoms with Gasteiger partial charge in [0.2, 0.25) is 5.91 Å². The molecule has 0 aromatic heterocycles. The Labute approximate surface area is 130 Å². The summed E-state index contributed by atoms with van der Waals surface area (Å²) in [5, 5.41) is 0.826. The van der Waals surface area contributed by atoms with E-state index in [0.29, 0.717) is 25.0 Å². The third-order valence-electron chi connectivity index (χ3n) is 4.55. The van der Waals surface area contributed by atoms with Gasteiger partial charge in [-0.1, -0.05) is 29.8 Å². The summed E-state index contributed by atoms with van der Waals surface area (Å²) in [5.41, 5.74) is 1.17. The van der Waals surface area contributed by atoms with Crippen molar-refractivity contribution in [3.63, 3.8) is 0 Å². The standard InChI is InChI=1S/C16H21ClN2O2/c1-21-7-6-16(20)19-10-13-9-18(15(13)11-19)8-12-4-2-3-5-14(12)17/h2-5,13,15H,6-11H2,1H3/t13-,15+/m0/s1. The van der Waals surface area contributed by atoms with E-state index in [0.717, 1.165) is 31.2 Å². The average Bonchev–Trinajstić information content (AvgIpc) is 2.81. The van der Waals surface area contributed by atoms with Gasteiger partial charge in [0.05, 0.1) is 13.0 Å². The summed E-state index contributed by atoms with van der Waals surface area (Å²) >= 11 is 6.22. The molecule has 2 fully saturated rings. The zero-order valence-electron chi connectivity index (χ0n) is 12.3. The number of rotatable bonds is 5. The molecule has 0 bridgehead atoms. The lowest BCUT2D eigenvalue weighted by molar-refractivity contribution is -0.131. The van der Waals surface area contributed by atoms with Gasteiger partial charge in [0.1, 0.15) is 0 Å². The fourth-order valence-corrected chi connectivity index (χ4v) is 3.52. The zero-order valence-corrected chi connectivity index (χ0v) is 13.1. The zero-order chi connectivity index (χ0) is 14.8. The summed E-state index contributed by atoms with van der Waals surface area (Å²) in [7, 11) is 1.63. The van der Waals surface area contributed by atoms with Gasteiger partial charge in [0.15, 0.2) is 0 Å². The number of carbonyl (C=O) groups excluding carboxylic acids is 1. The first-order chi connectivity index (χ1) is 10.2. The van der Waals surface area contributed by atoms with E-state index in [1.807, 2.05) is 23.1 Å². The smallest absolute Gasteiger partial charge is 0.224 e. The molecule has 2 aliphatic heterocycles. The number of carbonyl (C=O) groups is 1. The molecule has 1 amide bonds. The van der Waals surface area contributed by atoms with Crippen LogP contribution in [0.2, 0.25) is 5.02 Å². The average molecular weight is 309 g/mol. The van der Waals surface area contributed by atoms with Crippen molar-refractivity contribution in [2.24, 2.45) is 5.92 Å². The predicted molar refractivity (Wildman–Crippen MR) is 82.2 cm³/mol. The molecule has 114 valence electrons. The molecule has 5 heteroatoms. The third-order valence-corrected chi connectivity index (χ3v) is 4.92. The Morgan fingerprint density at radius 3 is 2.90 bits per heavy atom. The molecule has 1 aromatic carbocycles. The number of amides is 1. The van der Waals surface area contributed by atoms with Crippen molar-refractivity contribution in [3.8, 4) is 0 Å². The highest BCUT2D eigenvalue weighted by Crippen LogP contribution is 2.34. The first-order valence-corrected chi connectivity index (χ1v) is 7.81. The maximum atomic E-state index is 12.0. The lowest BCUT2D eigenvalue weighted by Gasteiger charge is -2.43. The van der Waals surface area contributed by atoms with Crippen LogP contribution in [0.4, 0.5) is 0 Å². The molecule has 0 saturated carbocycles. The van der Waals surface area contributed by atoms with Crippen LogP contribution in [0, 0.1) is 5.92 Å². The summed E-state index contributed by atoms with van der Waals surface area (Å²) in [6.45, 7) is 4.18. The highest BCUT2D eigenvalue weighted by molar-refractivity contribution is 6.31. The van der Waals surface area contributed by atoms with Crippen LogP contribution >= 0.6 is 11.6 Å². The number of methoxy groups -OCH3 is 1. The predicted octanol–water partition coefficient (Wildman–Crippen LogP) is 2.02. The van der Waals surface area contributed by atoms with Gasteiger partial charge in [0, 0.05) is 50.3 Å². The monoisotopic (exact) mass is 308 g/mol. The van der Waals surface area contributed by atoms with Crippen LogP contribution in [0.15, 0.2) is 24.3 Å². The van der Waals surface area contributed by atoms with E-state index in [9.17, 15) is 4.79 Å². The van der Waals surface area contributed by atoms with Crippen LogP contribution in [0.5, 0.6) is 0 Å². The Bertz CT molecular complexity index is 523. The number of likely N-dealkylation sites (tertiary alicyclic amines) is 2. The summed E-state index contributed by atoms with van der Waals surface area (Å²) < 4.78 is 4.98. The van der Waals surface area contributed by atoms with Gasteiger partial charge < -0.3 is 9.64 Å². The van der Waals surface area contributed by atoms with E-state index in [-0.39, 0.29) is 5.91 Å². The van der Waals surface area contributed by atoms with Crippen LogP contribution in [0.1, 0.15) is 12.0 Å². The minimum absolute atomic E-state index is 0.212. The second-order valence-electron chi connectivity index (χ2n) is 5.89. The van der Waals surface area contributed by atoms with E-state index in [1.165, 1.54) is 5.56 Å². The van der Waals surface area contributed by atoms with E-state index in [1.54, 1.807) is 7.11 Å². The van der Waals surface area contributed by atoms with Crippen molar-refractivity contribution >= 4 is 17.5 Å². The fraction of sp³-hybridized carbons (Fsp3) is 0.562. The Kier molecular flexibility index (Phi) is 4.48. The SMILES string of the molecule is COCCC(=O)N1C[C@@H]2CN(Cc3ccccc3Cl)[C@@H]2C1. The summed E-state index contributed by atoms with van der Waals surface area (Å²) in [6.07, 6.45) is 0.487. The number of ether oxygens (including phenoxy) is 1. The number of benzene rings is 1. The van der Waals surface area contributed by atoms with E-state index in [2.05, 4.69) is 11.0 Å². The molecule has 0 N–H and O–H groups in total. The molecule has 0 spiro atoms. The van der Waals surface area contributed by atoms with Crippen LogP contribution in [0.25, 0.3) is 0 Å². The Balaban J connectivity index is 1.55. The number of hydrogen-bond acceptors (Lipinski definition) is 3. The molecule has 4 nitrogen and oxygen atoms in total. The van der Waals surface area contributed by atoms with Gasteiger partial charge in [-0.25, -0.2) is 0 Å². The highest BCUT2D eigenvalue weighted by Gasteiger charge is 2.46. The van der Waals surface area contributed by atoms with Crippen molar-refractivity contribution in [2.45, 2.75) is 19.0 Å². The minimum atomic E-state index is 0.212. The molecule has 2 heterocycles.